The molecular weight excluding hydrogens is 328 g/mol. The molecule has 0 spiro atoms. The Hall–Kier alpha value is -0.170. The van der Waals surface area contributed by atoms with Crippen LogP contribution in [0.3, 0.4) is 0 Å². The van der Waals surface area contributed by atoms with E-state index in [2.05, 4.69) is 13.8 Å². The molecule has 0 aliphatic rings. The highest BCUT2D eigenvalue weighted by atomic mass is 32.3. The summed E-state index contributed by atoms with van der Waals surface area (Å²) in [7, 11) is -4.67. The molecule has 0 aliphatic carbocycles. The zero-order valence-corrected chi connectivity index (χ0v) is 16.6. The van der Waals surface area contributed by atoms with Gasteiger partial charge in [-0.3, -0.25) is 9.11 Å². The first kappa shape index (κ1) is 26.1. The van der Waals surface area contributed by atoms with Gasteiger partial charge in [0.05, 0.1) is 0 Å². The molecule has 0 fully saturated rings. The molecule has 6 heteroatoms. The maximum atomic E-state index is 9.38. The second kappa shape index (κ2) is 19.2. The van der Waals surface area contributed by atoms with Crippen LogP contribution in [0.2, 0.25) is 0 Å². The van der Waals surface area contributed by atoms with Crippen molar-refractivity contribution >= 4 is 10.4 Å². The maximum absolute atomic E-state index is 9.38. The predicted molar refractivity (Wildman–Crippen MR) is 101 cm³/mol. The molecule has 0 aromatic rings. The first-order chi connectivity index (χ1) is 11.3. The molecule has 0 bridgehead atoms. The molecular formula is C18H40O5S. The van der Waals surface area contributed by atoms with Crippen LogP contribution in [-0.4, -0.2) is 29.2 Å². The molecule has 5 nitrogen and oxygen atoms in total. The zero-order chi connectivity index (χ0) is 18.7. The van der Waals surface area contributed by atoms with Gasteiger partial charge in [0.15, 0.2) is 0 Å². The van der Waals surface area contributed by atoms with Crippen LogP contribution in [0.25, 0.3) is 0 Å². The van der Waals surface area contributed by atoms with Gasteiger partial charge in [-0.2, -0.15) is 8.42 Å². The molecule has 148 valence electrons. The summed E-state index contributed by atoms with van der Waals surface area (Å²) in [4.78, 5) is 0. The van der Waals surface area contributed by atoms with Crippen molar-refractivity contribution < 1.29 is 22.6 Å². The number of hydrogen-bond acceptors (Lipinski definition) is 3. The smallest absolute Gasteiger partial charge is 0.394 e. The third-order valence-corrected chi connectivity index (χ3v) is 4.19. The van der Waals surface area contributed by atoms with Crippen LogP contribution >= 0.6 is 0 Å². The van der Waals surface area contributed by atoms with Gasteiger partial charge in [0.1, 0.15) is 0 Å². The summed E-state index contributed by atoms with van der Waals surface area (Å²) in [5.41, 5.74) is 0. The lowest BCUT2D eigenvalue weighted by Gasteiger charge is -2.13. The van der Waals surface area contributed by atoms with E-state index in [-0.39, 0.29) is 0 Å². The topological polar surface area (TPSA) is 94.8 Å². The highest BCUT2D eigenvalue weighted by Gasteiger charge is 2.06. The Morgan fingerprint density at radius 2 is 0.958 bits per heavy atom. The van der Waals surface area contributed by atoms with Crippen molar-refractivity contribution in [2.24, 2.45) is 5.92 Å². The van der Waals surface area contributed by atoms with Crippen molar-refractivity contribution in [3.63, 3.8) is 0 Å². The summed E-state index contributed by atoms with van der Waals surface area (Å²) in [6.45, 7) is 4.93. The van der Waals surface area contributed by atoms with Gasteiger partial charge < -0.3 is 5.11 Å². The Balaban J connectivity index is 0. The summed E-state index contributed by atoms with van der Waals surface area (Å²) in [5.74, 6) is 0.581. The van der Waals surface area contributed by atoms with Gasteiger partial charge >= 0.3 is 10.4 Å². The third kappa shape index (κ3) is 29.8. The van der Waals surface area contributed by atoms with Gasteiger partial charge in [-0.25, -0.2) is 0 Å². The number of rotatable bonds is 15. The van der Waals surface area contributed by atoms with E-state index in [0.717, 1.165) is 0 Å². The number of aliphatic hydroxyl groups is 1. The van der Waals surface area contributed by atoms with E-state index in [0.29, 0.717) is 12.5 Å². The molecule has 0 radical (unpaired) electrons. The monoisotopic (exact) mass is 368 g/mol. The standard InChI is InChI=1S/C18H38O.H2O4S/c1-3-5-7-9-10-11-12-14-16-18(17-19)15-13-8-6-4-2;1-5(2,3)4/h18-19H,3-17H2,1-2H3;(H2,1,2,3,4). The summed E-state index contributed by atoms with van der Waals surface area (Å²) in [6, 6.07) is 0. The van der Waals surface area contributed by atoms with Crippen LogP contribution in [0.15, 0.2) is 0 Å². The zero-order valence-electron chi connectivity index (χ0n) is 15.8. The average Bonchev–Trinajstić information content (AvgIpc) is 2.50. The minimum Gasteiger partial charge on any atom is -0.396 e. The van der Waals surface area contributed by atoms with Crippen molar-refractivity contribution in [3.8, 4) is 0 Å². The first-order valence-corrected chi connectivity index (χ1v) is 11.1. The third-order valence-electron chi connectivity index (χ3n) is 4.19. The van der Waals surface area contributed by atoms with E-state index in [9.17, 15) is 5.11 Å². The van der Waals surface area contributed by atoms with E-state index < -0.39 is 10.4 Å². The van der Waals surface area contributed by atoms with Gasteiger partial charge in [0.2, 0.25) is 0 Å². The van der Waals surface area contributed by atoms with Crippen LogP contribution in [0.4, 0.5) is 0 Å². The molecule has 24 heavy (non-hydrogen) atoms. The van der Waals surface area contributed by atoms with E-state index >= 15 is 0 Å². The van der Waals surface area contributed by atoms with Crippen LogP contribution in [0.1, 0.15) is 104 Å². The molecule has 0 saturated carbocycles. The fraction of sp³-hybridized carbons (Fsp3) is 1.00. The lowest BCUT2D eigenvalue weighted by molar-refractivity contribution is 0.204. The van der Waals surface area contributed by atoms with Crippen LogP contribution in [-0.2, 0) is 10.4 Å². The number of hydrogen-bond donors (Lipinski definition) is 3. The van der Waals surface area contributed by atoms with E-state index in [1.165, 1.54) is 89.9 Å². The lowest BCUT2D eigenvalue weighted by Crippen LogP contribution is -2.06. The molecule has 0 amide bonds. The Morgan fingerprint density at radius 1 is 0.667 bits per heavy atom. The molecule has 1 atom stereocenters. The van der Waals surface area contributed by atoms with Crippen molar-refractivity contribution in [3.05, 3.63) is 0 Å². The van der Waals surface area contributed by atoms with Crippen LogP contribution < -0.4 is 0 Å². The van der Waals surface area contributed by atoms with E-state index in [1.54, 1.807) is 0 Å². The maximum Gasteiger partial charge on any atom is 0.394 e. The van der Waals surface area contributed by atoms with E-state index in [4.69, 9.17) is 17.5 Å². The van der Waals surface area contributed by atoms with Gasteiger partial charge in [0, 0.05) is 6.61 Å². The fourth-order valence-electron chi connectivity index (χ4n) is 2.75. The van der Waals surface area contributed by atoms with E-state index in [1.807, 2.05) is 0 Å². The van der Waals surface area contributed by atoms with Gasteiger partial charge in [-0.1, -0.05) is 90.9 Å². The lowest BCUT2D eigenvalue weighted by atomic mass is 9.95. The Kier molecular flexibility index (Phi) is 20.8. The summed E-state index contributed by atoms with van der Waals surface area (Å²) < 4.78 is 31.6. The average molecular weight is 369 g/mol. The summed E-state index contributed by atoms with van der Waals surface area (Å²) >= 11 is 0. The molecule has 3 N–H and O–H groups in total. The molecule has 0 aromatic carbocycles. The second-order valence-corrected chi connectivity index (χ2v) is 7.50. The molecule has 1 unspecified atom stereocenters. The largest absolute Gasteiger partial charge is 0.396 e. The Bertz CT molecular complexity index is 322. The quantitative estimate of drug-likeness (QED) is 0.264. The Labute approximate surface area is 149 Å². The minimum atomic E-state index is -4.67. The highest BCUT2D eigenvalue weighted by Crippen LogP contribution is 2.18. The van der Waals surface area contributed by atoms with Gasteiger partial charge in [-0.15, -0.1) is 0 Å². The second-order valence-electron chi connectivity index (χ2n) is 6.61. The van der Waals surface area contributed by atoms with Crippen LogP contribution in [0, 0.1) is 5.92 Å². The highest BCUT2D eigenvalue weighted by molar-refractivity contribution is 7.79. The molecule has 0 saturated heterocycles. The fourth-order valence-corrected chi connectivity index (χ4v) is 2.75. The minimum absolute atomic E-state index is 0.405. The number of aliphatic hydroxyl groups excluding tert-OH is 1. The molecule has 0 aliphatic heterocycles. The normalized spacial score (nSPS) is 12.5. The predicted octanol–water partition coefficient (Wildman–Crippen LogP) is 5.44. The molecule has 0 heterocycles. The molecule has 0 rings (SSSR count). The van der Waals surface area contributed by atoms with Gasteiger partial charge in [-0.05, 0) is 18.8 Å². The van der Waals surface area contributed by atoms with Crippen molar-refractivity contribution in [1.82, 2.24) is 0 Å². The molecule has 0 aromatic heterocycles. The first-order valence-electron chi connectivity index (χ1n) is 9.65. The van der Waals surface area contributed by atoms with Crippen LogP contribution in [0.5, 0.6) is 0 Å². The summed E-state index contributed by atoms with van der Waals surface area (Å²) in [6.07, 6.45) is 18.9. The summed E-state index contributed by atoms with van der Waals surface area (Å²) in [5, 5.41) is 9.38. The van der Waals surface area contributed by atoms with Crippen molar-refractivity contribution in [2.75, 3.05) is 6.61 Å². The van der Waals surface area contributed by atoms with Gasteiger partial charge in [0.25, 0.3) is 0 Å². The van der Waals surface area contributed by atoms with Crippen molar-refractivity contribution in [2.45, 2.75) is 104 Å². The Morgan fingerprint density at radius 3 is 1.29 bits per heavy atom. The van der Waals surface area contributed by atoms with Crippen molar-refractivity contribution in [1.29, 1.82) is 0 Å². The SMILES string of the molecule is CCCCCCCCCCC(CO)CCCCCC.O=S(=O)(O)O. The number of unbranched alkanes of at least 4 members (excludes halogenated alkanes) is 10.